The monoisotopic (exact) mass is 1770 g/mol. The van der Waals surface area contributed by atoms with Crippen LogP contribution in [-0.2, 0) is 68.8 Å². The molecule has 4 aliphatic heterocycles. The van der Waals surface area contributed by atoms with Gasteiger partial charge in [-0.3, -0.25) is 53.0 Å². The van der Waals surface area contributed by atoms with E-state index in [0.29, 0.717) is 54.0 Å². The van der Waals surface area contributed by atoms with Gasteiger partial charge in [-0.25, -0.2) is 34.5 Å². The predicted molar refractivity (Wildman–Crippen MR) is 499 cm³/mol. The van der Waals surface area contributed by atoms with Crippen LogP contribution in [0.15, 0.2) is 340 Å². The van der Waals surface area contributed by atoms with E-state index < -0.39 is 71.9 Å². The number of rotatable bonds is 29. The van der Waals surface area contributed by atoms with Gasteiger partial charge in [0.1, 0.15) is 46.9 Å². The molecule has 0 spiro atoms. The Bertz CT molecular complexity index is 6200. The van der Waals surface area contributed by atoms with Crippen molar-refractivity contribution in [1.82, 2.24) is 39.5 Å². The highest BCUT2D eigenvalue weighted by molar-refractivity contribution is 6.09. The third kappa shape index (κ3) is 22.7. The number of benzene rings is 9. The number of carbonyl (C=O) groups excluding carboxylic acids is 9. The lowest BCUT2D eigenvalue weighted by Crippen LogP contribution is -2.68. The van der Waals surface area contributed by atoms with Crippen molar-refractivity contribution in [2.24, 2.45) is 29.4 Å². The first kappa shape index (κ1) is 92.5. The Labute approximate surface area is 768 Å². The average molecular weight is 1780 g/mol. The first-order valence-corrected chi connectivity index (χ1v) is 43.5. The third-order valence-corrected chi connectivity index (χ3v) is 24.0. The number of amides is 9. The normalized spacial score (nSPS) is 17.7. The quantitative estimate of drug-likeness (QED) is 0.0237. The standard InChI is InChI=1S/C30H27N3O3.C26H25N3O5.C25H24N4O3.C25H22N4O2/c31-27-19-21(16-17-32-27)18-26-29(35)33(30(26)36-24-14-8-3-9-15-24)28(34)20-25(22-10-4-1-5-11-22)23-12-6-2-7-13-23;1-16(18-5-3-2-4-6-18)13-23(30)29-24(31)21(14-17-11-12-28-22(27)15-17)25(29)34-20-9-7-19(8-10-20)26(32)33;26-21-14-16(11-12-28-21)13-20-23(24(27)31)29(25(20)32)22(30)15-19(17-7-3-1-4-8-17)18-9-5-2-6-10-18;26-16-22-21(13-17-11-12-28-23(27)14-17)25(31)29(22)24(30)15-20(18-7-3-1-4-8-18)19-9-5-2-6-10-19/h1-17,19,25-26,30H,18,20H2,(H2,31,32);2-12,15-16,21,25H,13-14H2,1H3,(H2,27,28)(H,32,33);1-12,14,19-20,23H,13,15H2,(H2,26,28)(H2,27,31);1-12,14,20-22H,13,15H2,(H2,27,28)/t26-,30+;16-,21-,25+;20-,23+;21-,22-/m0011/s1. The number of hydrogen-bond donors (Lipinski definition) is 6. The number of pyridine rings is 4. The molecular formula is C106H98N14O13. The van der Waals surface area contributed by atoms with Crippen molar-refractivity contribution < 1.29 is 62.5 Å². The summed E-state index contributed by atoms with van der Waals surface area (Å²) in [6.45, 7) is 1.94. The second-order valence-electron chi connectivity index (χ2n) is 32.8. The Morgan fingerprint density at radius 3 is 0.940 bits per heavy atom. The molecule has 0 bridgehead atoms. The minimum absolute atomic E-state index is 0.0540. The van der Waals surface area contributed by atoms with Gasteiger partial charge in [0, 0.05) is 68.2 Å². The Kier molecular flexibility index (Phi) is 30.2. The average Bonchev–Trinajstić information content (AvgIpc) is 0.808. The van der Waals surface area contributed by atoms with Crippen LogP contribution < -0.4 is 38.1 Å². The molecule has 133 heavy (non-hydrogen) atoms. The zero-order chi connectivity index (χ0) is 93.6. The van der Waals surface area contributed by atoms with Gasteiger partial charge in [0.25, 0.3) is 0 Å². The highest BCUT2D eigenvalue weighted by Crippen LogP contribution is 2.41. The first-order chi connectivity index (χ1) is 64.5. The largest absolute Gasteiger partial charge is 0.478 e. The number of ether oxygens (including phenoxy) is 2. The van der Waals surface area contributed by atoms with Gasteiger partial charge in [-0.05, 0) is 178 Å². The molecule has 27 heteroatoms. The molecule has 4 aromatic heterocycles. The van der Waals surface area contributed by atoms with E-state index in [2.05, 4.69) is 26.0 Å². The number of nitrogen functional groups attached to an aromatic ring is 4. The number of carbonyl (C=O) groups is 10. The van der Waals surface area contributed by atoms with Crippen molar-refractivity contribution >= 4 is 82.4 Å². The van der Waals surface area contributed by atoms with Crippen molar-refractivity contribution in [1.29, 1.82) is 5.26 Å². The third-order valence-electron chi connectivity index (χ3n) is 24.0. The summed E-state index contributed by atoms with van der Waals surface area (Å²) in [5.41, 5.74) is 39.0. The number of nitrogens with two attached hydrogens (primary N) is 5. The SMILES string of the molecule is C[C@@H](CC(=O)N1C(=O)[C@H](Cc2ccnc(N)c2)[C@H]1Oc1ccc(C(=O)O)cc1)c1ccccc1.N#C[C@@H]1[C@@H](Cc2ccnc(N)c2)C(=O)N1C(=O)CC(c1ccccc1)c1ccccc1.NC(=O)[C@@H]1[C@@H](Cc2ccnc(N)c2)C(=O)N1C(=O)CC(c1ccccc1)c1ccccc1.Nc1cc(C[C@H]2C(=O)N(C(=O)CC(c3ccccc3)c3ccccc3)[C@@H]2Oc2ccccc2)ccn1. The summed E-state index contributed by atoms with van der Waals surface area (Å²) in [5.74, 6) is -4.95. The fraction of sp³-hybridized carbons (Fsp3) is 0.198. The van der Waals surface area contributed by atoms with E-state index in [4.69, 9.17) is 43.2 Å². The summed E-state index contributed by atoms with van der Waals surface area (Å²) >= 11 is 0. The van der Waals surface area contributed by atoms with Crippen LogP contribution in [0.25, 0.3) is 0 Å². The summed E-state index contributed by atoms with van der Waals surface area (Å²) in [5, 5.41) is 18.8. The number of primary amides is 1. The van der Waals surface area contributed by atoms with E-state index in [-0.39, 0.29) is 96.8 Å². The van der Waals surface area contributed by atoms with Crippen LogP contribution >= 0.6 is 0 Å². The zero-order valence-electron chi connectivity index (χ0n) is 72.7. The Hall–Kier alpha value is -16.6. The van der Waals surface area contributed by atoms with Gasteiger partial charge in [-0.2, -0.15) is 5.26 Å². The van der Waals surface area contributed by atoms with Gasteiger partial charge >= 0.3 is 5.97 Å². The van der Waals surface area contributed by atoms with E-state index in [1.165, 1.54) is 34.1 Å². The van der Waals surface area contributed by atoms with Crippen molar-refractivity contribution in [3.8, 4) is 17.6 Å². The number of β-lactam (4-membered cyclic amide) rings is 4. The van der Waals surface area contributed by atoms with Gasteiger partial charge in [0.2, 0.25) is 53.2 Å². The summed E-state index contributed by atoms with van der Waals surface area (Å²) in [6.07, 6.45) is 6.64. The molecule has 0 unspecified atom stereocenters. The number of hydrogen-bond acceptors (Lipinski definition) is 21. The highest BCUT2D eigenvalue weighted by Gasteiger charge is 2.56. The molecule has 4 fully saturated rings. The van der Waals surface area contributed by atoms with Crippen LogP contribution in [0.5, 0.6) is 11.5 Å². The van der Waals surface area contributed by atoms with Gasteiger partial charge in [-0.1, -0.05) is 237 Å². The number of para-hydroxylation sites is 1. The molecule has 4 aliphatic rings. The maximum Gasteiger partial charge on any atom is 0.335 e. The fourth-order valence-electron chi connectivity index (χ4n) is 17.2. The molecular weight excluding hydrogens is 1680 g/mol. The molecule has 4 saturated heterocycles. The van der Waals surface area contributed by atoms with Crippen LogP contribution in [0.4, 0.5) is 23.3 Å². The molecule has 0 saturated carbocycles. The minimum atomic E-state index is -1.05. The zero-order valence-corrected chi connectivity index (χ0v) is 72.7. The van der Waals surface area contributed by atoms with Gasteiger partial charge in [-0.15, -0.1) is 0 Å². The molecule has 13 aromatic rings. The Morgan fingerprint density at radius 1 is 0.353 bits per heavy atom. The number of nitrogens with zero attached hydrogens (tertiary/aromatic N) is 9. The van der Waals surface area contributed by atoms with Gasteiger partial charge in [0.05, 0.1) is 35.3 Å². The molecule has 0 radical (unpaired) electrons. The number of imide groups is 4. The summed E-state index contributed by atoms with van der Waals surface area (Å²) in [4.78, 5) is 149. The number of aromatic carboxylic acids is 1. The van der Waals surface area contributed by atoms with Crippen LogP contribution in [0.3, 0.4) is 0 Å². The smallest absolute Gasteiger partial charge is 0.335 e. The lowest BCUT2D eigenvalue weighted by molar-refractivity contribution is -0.185. The van der Waals surface area contributed by atoms with Gasteiger partial charge < -0.3 is 43.2 Å². The molecule has 670 valence electrons. The van der Waals surface area contributed by atoms with Crippen molar-refractivity contribution in [3.05, 3.63) is 407 Å². The van der Waals surface area contributed by atoms with E-state index in [1.54, 1.807) is 67.3 Å². The van der Waals surface area contributed by atoms with E-state index in [9.17, 15) is 53.2 Å². The number of anilines is 4. The Balaban J connectivity index is 0.000000143. The number of likely N-dealkylation sites (tertiary alicyclic amines) is 4. The first-order valence-electron chi connectivity index (χ1n) is 43.5. The lowest BCUT2D eigenvalue weighted by Gasteiger charge is -2.45. The molecule has 9 atom stereocenters. The molecule has 0 aliphatic carbocycles. The Morgan fingerprint density at radius 2 is 0.624 bits per heavy atom. The second kappa shape index (κ2) is 43.4. The number of carboxylic acids is 1. The molecule has 11 N–H and O–H groups in total. The molecule has 9 amide bonds. The molecule has 17 rings (SSSR count). The topological polar surface area (TPSA) is 428 Å². The fourth-order valence-corrected chi connectivity index (χ4v) is 17.2. The maximum absolute atomic E-state index is 13.6. The van der Waals surface area contributed by atoms with E-state index in [1.807, 2.05) is 256 Å². The summed E-state index contributed by atoms with van der Waals surface area (Å²) < 4.78 is 12.2. The molecule has 9 aromatic carbocycles. The minimum Gasteiger partial charge on any atom is -0.478 e. The number of aromatic nitrogens is 4. The summed E-state index contributed by atoms with van der Waals surface area (Å²) in [6, 6.07) is 97.5. The van der Waals surface area contributed by atoms with Crippen molar-refractivity contribution in [2.45, 2.75) is 107 Å². The van der Waals surface area contributed by atoms with Crippen LogP contribution in [0.2, 0.25) is 0 Å². The second-order valence-corrected chi connectivity index (χ2v) is 32.8. The van der Waals surface area contributed by atoms with Crippen molar-refractivity contribution in [2.75, 3.05) is 22.9 Å². The van der Waals surface area contributed by atoms with E-state index >= 15 is 0 Å². The van der Waals surface area contributed by atoms with Crippen LogP contribution in [-0.4, -0.2) is 128 Å². The predicted octanol–water partition coefficient (Wildman–Crippen LogP) is 13.9. The number of carboxylic acid groups (broad SMARTS) is 1. The van der Waals surface area contributed by atoms with E-state index in [0.717, 1.165) is 71.0 Å². The van der Waals surface area contributed by atoms with Crippen LogP contribution in [0, 0.1) is 35.0 Å². The summed E-state index contributed by atoms with van der Waals surface area (Å²) in [7, 11) is 0. The van der Waals surface area contributed by atoms with Crippen molar-refractivity contribution in [3.63, 3.8) is 0 Å². The molecule has 8 heterocycles. The van der Waals surface area contributed by atoms with Crippen LogP contribution in [0.1, 0.15) is 128 Å². The molecule has 27 nitrogen and oxygen atoms in total. The maximum atomic E-state index is 13.6. The lowest BCUT2D eigenvalue weighted by atomic mass is 9.80. The number of nitriles is 1. The highest BCUT2D eigenvalue weighted by atomic mass is 16.5. The van der Waals surface area contributed by atoms with Gasteiger partial charge in [0.15, 0.2) is 12.5 Å².